The Labute approximate surface area is 127 Å². The highest BCUT2D eigenvalue weighted by Gasteiger charge is 2.15. The van der Waals surface area contributed by atoms with Gasteiger partial charge in [-0.15, -0.1) is 11.3 Å². The summed E-state index contributed by atoms with van der Waals surface area (Å²) in [6, 6.07) is 7.89. The molecular weight excluding hydrogens is 286 g/mol. The minimum atomic E-state index is -0.0402. The van der Waals surface area contributed by atoms with Gasteiger partial charge in [-0.1, -0.05) is 12.1 Å². The summed E-state index contributed by atoms with van der Waals surface area (Å²) in [4.78, 5) is 18.5. The highest BCUT2D eigenvalue weighted by Crippen LogP contribution is 2.26. The van der Waals surface area contributed by atoms with Crippen molar-refractivity contribution in [2.24, 2.45) is 0 Å². The van der Waals surface area contributed by atoms with Crippen LogP contribution in [0.1, 0.15) is 5.69 Å². The first-order valence-corrected chi connectivity index (χ1v) is 7.86. The maximum atomic E-state index is 12.1. The lowest BCUT2D eigenvalue weighted by Crippen LogP contribution is -2.36. The number of para-hydroxylation sites is 2. The maximum Gasteiger partial charge on any atom is 0.230 e. The van der Waals surface area contributed by atoms with Crippen LogP contribution in [0.25, 0.3) is 0 Å². The van der Waals surface area contributed by atoms with Crippen LogP contribution in [0.4, 0.5) is 11.4 Å². The van der Waals surface area contributed by atoms with Gasteiger partial charge >= 0.3 is 0 Å². The summed E-state index contributed by atoms with van der Waals surface area (Å²) in [5.41, 5.74) is 4.44. The summed E-state index contributed by atoms with van der Waals surface area (Å²) in [6.45, 7) is 3.14. The smallest absolute Gasteiger partial charge is 0.230 e. The van der Waals surface area contributed by atoms with E-state index < -0.39 is 0 Å². The fraction of sp³-hybridized carbons (Fsp3) is 0.333. The van der Waals surface area contributed by atoms with Gasteiger partial charge in [0.05, 0.1) is 42.2 Å². The molecular formula is C15H17N3O2S. The fourth-order valence-corrected chi connectivity index (χ4v) is 2.90. The molecule has 3 rings (SSSR count). The molecule has 0 unspecified atom stereocenters. The third-order valence-corrected chi connectivity index (χ3v) is 3.99. The molecule has 1 N–H and O–H groups in total. The lowest BCUT2D eigenvalue weighted by molar-refractivity contribution is -0.115. The number of carbonyl (C=O) groups is 1. The Hall–Kier alpha value is -1.92. The summed E-state index contributed by atoms with van der Waals surface area (Å²) in [6.07, 6.45) is 0.306. The Bertz CT molecular complexity index is 595. The summed E-state index contributed by atoms with van der Waals surface area (Å²) >= 11 is 1.50. The second-order valence-electron chi connectivity index (χ2n) is 4.82. The van der Waals surface area contributed by atoms with E-state index in [-0.39, 0.29) is 5.91 Å². The summed E-state index contributed by atoms with van der Waals surface area (Å²) in [5, 5.41) is 4.89. The van der Waals surface area contributed by atoms with Gasteiger partial charge in [-0.2, -0.15) is 0 Å². The number of ether oxygens (including phenoxy) is 1. The maximum absolute atomic E-state index is 12.1. The summed E-state index contributed by atoms with van der Waals surface area (Å²) in [7, 11) is 0. The molecule has 0 aliphatic carbocycles. The Morgan fingerprint density at radius 1 is 1.33 bits per heavy atom. The molecule has 0 bridgehead atoms. The van der Waals surface area contributed by atoms with Crippen LogP contribution >= 0.6 is 11.3 Å². The van der Waals surface area contributed by atoms with Crippen molar-refractivity contribution in [3.63, 3.8) is 0 Å². The number of anilines is 2. The van der Waals surface area contributed by atoms with Gasteiger partial charge in [-0.05, 0) is 12.1 Å². The number of carbonyl (C=O) groups excluding carboxylic acids is 1. The van der Waals surface area contributed by atoms with Crippen LogP contribution in [-0.2, 0) is 16.0 Å². The average Bonchev–Trinajstić information content (AvgIpc) is 3.01. The Kier molecular flexibility index (Phi) is 4.47. The molecule has 1 aliphatic rings. The van der Waals surface area contributed by atoms with Crippen LogP contribution in [0.15, 0.2) is 35.2 Å². The third kappa shape index (κ3) is 3.59. The molecule has 2 heterocycles. The second-order valence-corrected chi connectivity index (χ2v) is 5.54. The summed E-state index contributed by atoms with van der Waals surface area (Å²) in [5.74, 6) is -0.0402. The van der Waals surface area contributed by atoms with E-state index >= 15 is 0 Å². The predicted molar refractivity (Wildman–Crippen MR) is 83.9 cm³/mol. The molecule has 1 aromatic heterocycles. The first-order chi connectivity index (χ1) is 10.3. The zero-order valence-electron chi connectivity index (χ0n) is 11.6. The third-order valence-electron chi connectivity index (χ3n) is 3.36. The first kappa shape index (κ1) is 14.0. The van der Waals surface area contributed by atoms with Crippen molar-refractivity contribution in [1.82, 2.24) is 4.98 Å². The number of hydrogen-bond acceptors (Lipinski definition) is 5. The molecule has 1 saturated heterocycles. The van der Waals surface area contributed by atoms with Crippen molar-refractivity contribution in [3.05, 3.63) is 40.8 Å². The van der Waals surface area contributed by atoms with Gasteiger partial charge in [0.2, 0.25) is 5.91 Å². The van der Waals surface area contributed by atoms with Crippen molar-refractivity contribution in [1.29, 1.82) is 0 Å². The molecule has 1 amide bonds. The van der Waals surface area contributed by atoms with E-state index in [1.54, 1.807) is 5.51 Å². The van der Waals surface area contributed by atoms with Crippen LogP contribution in [-0.4, -0.2) is 37.2 Å². The lowest BCUT2D eigenvalue weighted by Gasteiger charge is -2.30. The molecule has 110 valence electrons. The van der Waals surface area contributed by atoms with E-state index in [1.807, 2.05) is 29.6 Å². The van der Waals surface area contributed by atoms with E-state index in [2.05, 4.69) is 15.2 Å². The highest BCUT2D eigenvalue weighted by molar-refractivity contribution is 7.07. The van der Waals surface area contributed by atoms with Crippen LogP contribution in [0.2, 0.25) is 0 Å². The topological polar surface area (TPSA) is 54.5 Å². The van der Waals surface area contributed by atoms with Crippen LogP contribution in [0, 0.1) is 0 Å². The van der Waals surface area contributed by atoms with Gasteiger partial charge in [0.1, 0.15) is 0 Å². The molecule has 2 aromatic rings. The monoisotopic (exact) mass is 303 g/mol. The van der Waals surface area contributed by atoms with Crippen molar-refractivity contribution in [3.8, 4) is 0 Å². The number of amides is 1. The number of rotatable bonds is 4. The van der Waals surface area contributed by atoms with E-state index in [4.69, 9.17) is 4.74 Å². The van der Waals surface area contributed by atoms with Crippen LogP contribution < -0.4 is 10.2 Å². The number of morpholine rings is 1. The molecule has 1 aromatic carbocycles. The van der Waals surface area contributed by atoms with Crippen molar-refractivity contribution in [2.45, 2.75) is 6.42 Å². The van der Waals surface area contributed by atoms with Crippen LogP contribution in [0.5, 0.6) is 0 Å². The highest BCUT2D eigenvalue weighted by atomic mass is 32.1. The number of nitrogens with one attached hydrogen (secondary N) is 1. The van der Waals surface area contributed by atoms with E-state index in [0.717, 1.165) is 43.4 Å². The minimum absolute atomic E-state index is 0.0402. The van der Waals surface area contributed by atoms with Gasteiger partial charge in [-0.3, -0.25) is 4.79 Å². The SMILES string of the molecule is O=C(Cc1cscn1)Nc1ccccc1N1CCOCC1. The minimum Gasteiger partial charge on any atom is -0.378 e. The van der Waals surface area contributed by atoms with Crippen molar-refractivity contribution < 1.29 is 9.53 Å². The number of thiazole rings is 1. The Balaban J connectivity index is 1.71. The molecule has 5 nitrogen and oxygen atoms in total. The van der Waals surface area contributed by atoms with Gasteiger partial charge in [0.15, 0.2) is 0 Å². The van der Waals surface area contributed by atoms with Gasteiger partial charge in [0, 0.05) is 18.5 Å². The predicted octanol–water partition coefficient (Wildman–Crippen LogP) is 2.16. The molecule has 1 aliphatic heterocycles. The van der Waals surface area contributed by atoms with Gasteiger partial charge in [-0.25, -0.2) is 4.98 Å². The zero-order chi connectivity index (χ0) is 14.5. The first-order valence-electron chi connectivity index (χ1n) is 6.91. The van der Waals surface area contributed by atoms with Crippen molar-refractivity contribution >= 4 is 28.6 Å². The molecule has 6 heteroatoms. The number of aromatic nitrogens is 1. The van der Waals surface area contributed by atoms with E-state index in [0.29, 0.717) is 6.42 Å². The fourth-order valence-electron chi connectivity index (χ4n) is 2.34. The van der Waals surface area contributed by atoms with Gasteiger partial charge in [0.25, 0.3) is 0 Å². The van der Waals surface area contributed by atoms with E-state index in [9.17, 15) is 4.79 Å². The lowest BCUT2D eigenvalue weighted by atomic mass is 10.2. The average molecular weight is 303 g/mol. The molecule has 21 heavy (non-hydrogen) atoms. The zero-order valence-corrected chi connectivity index (χ0v) is 12.4. The number of benzene rings is 1. The van der Waals surface area contributed by atoms with Gasteiger partial charge < -0.3 is 15.0 Å². The molecule has 0 saturated carbocycles. The Morgan fingerprint density at radius 3 is 2.90 bits per heavy atom. The Morgan fingerprint density at radius 2 is 2.14 bits per heavy atom. The van der Waals surface area contributed by atoms with Crippen molar-refractivity contribution in [2.75, 3.05) is 36.5 Å². The number of hydrogen-bond donors (Lipinski definition) is 1. The molecule has 0 radical (unpaired) electrons. The largest absolute Gasteiger partial charge is 0.378 e. The number of nitrogens with zero attached hydrogens (tertiary/aromatic N) is 2. The molecule has 0 atom stereocenters. The molecule has 0 spiro atoms. The summed E-state index contributed by atoms with van der Waals surface area (Å²) < 4.78 is 5.38. The standard InChI is InChI=1S/C15H17N3O2S/c19-15(9-12-10-21-11-16-12)17-13-3-1-2-4-14(13)18-5-7-20-8-6-18/h1-4,10-11H,5-9H2,(H,17,19). The van der Waals surface area contributed by atoms with E-state index in [1.165, 1.54) is 11.3 Å². The molecule has 1 fully saturated rings. The normalized spacial score (nSPS) is 15.0. The van der Waals surface area contributed by atoms with Crippen LogP contribution in [0.3, 0.4) is 0 Å². The quantitative estimate of drug-likeness (QED) is 0.940. The second kappa shape index (κ2) is 6.69.